The molecule has 2 aliphatic heterocycles. The maximum Gasteiger partial charge on any atom is 0.122 e. The molecule has 3 nitrogen and oxygen atoms in total. The molecule has 0 bridgehead atoms. The molecule has 1 aromatic rings. The highest BCUT2D eigenvalue weighted by atomic mass is 16.5. The first kappa shape index (κ1) is 12.9. The van der Waals surface area contributed by atoms with E-state index < -0.39 is 0 Å². The minimum atomic E-state index is 0.510. The van der Waals surface area contributed by atoms with E-state index in [1.807, 2.05) is 6.07 Å². The molecule has 0 spiro atoms. The van der Waals surface area contributed by atoms with E-state index in [2.05, 4.69) is 30.0 Å². The quantitative estimate of drug-likeness (QED) is 0.905. The van der Waals surface area contributed by atoms with Gasteiger partial charge in [-0.25, -0.2) is 0 Å². The van der Waals surface area contributed by atoms with Crippen LogP contribution in [0, 0.1) is 5.92 Å². The number of hydrogen-bond donors (Lipinski definition) is 1. The van der Waals surface area contributed by atoms with Gasteiger partial charge in [-0.05, 0) is 31.4 Å². The summed E-state index contributed by atoms with van der Waals surface area (Å²) < 4.78 is 5.79. The van der Waals surface area contributed by atoms with Gasteiger partial charge < -0.3 is 10.5 Å². The van der Waals surface area contributed by atoms with E-state index in [4.69, 9.17) is 10.5 Å². The Morgan fingerprint density at radius 1 is 1.37 bits per heavy atom. The number of ether oxygens (including phenoxy) is 1. The molecule has 1 fully saturated rings. The Morgan fingerprint density at radius 2 is 2.21 bits per heavy atom. The van der Waals surface area contributed by atoms with E-state index >= 15 is 0 Å². The van der Waals surface area contributed by atoms with Gasteiger partial charge in [0.25, 0.3) is 0 Å². The summed E-state index contributed by atoms with van der Waals surface area (Å²) in [6.45, 7) is 6.20. The van der Waals surface area contributed by atoms with Gasteiger partial charge >= 0.3 is 0 Å². The average Bonchev–Trinajstić information content (AvgIpc) is 2.83. The molecule has 3 heteroatoms. The molecule has 1 aromatic carbocycles. The average molecular weight is 260 g/mol. The maximum absolute atomic E-state index is 5.98. The molecular formula is C16H24N2O. The lowest BCUT2D eigenvalue weighted by atomic mass is 9.89. The van der Waals surface area contributed by atoms with Crippen LogP contribution in [0.15, 0.2) is 24.3 Å². The topological polar surface area (TPSA) is 38.5 Å². The van der Waals surface area contributed by atoms with Gasteiger partial charge in [-0.15, -0.1) is 0 Å². The van der Waals surface area contributed by atoms with Gasteiger partial charge in [0.1, 0.15) is 5.75 Å². The highest BCUT2D eigenvalue weighted by Crippen LogP contribution is 2.35. The van der Waals surface area contributed by atoms with Gasteiger partial charge in [0.2, 0.25) is 0 Å². The van der Waals surface area contributed by atoms with Crippen LogP contribution in [0.3, 0.4) is 0 Å². The lowest BCUT2D eigenvalue weighted by Crippen LogP contribution is -2.50. The first-order valence-electron chi connectivity index (χ1n) is 7.45. The number of fused-ring (bicyclic) bond motifs is 1. The lowest BCUT2D eigenvalue weighted by Gasteiger charge is -2.40. The van der Waals surface area contributed by atoms with Crippen molar-refractivity contribution in [2.24, 2.45) is 11.7 Å². The Kier molecular flexibility index (Phi) is 3.76. The zero-order chi connectivity index (χ0) is 13.2. The third-order valence-electron chi connectivity index (χ3n) is 4.73. The van der Waals surface area contributed by atoms with Crippen molar-refractivity contribution < 1.29 is 4.74 Å². The second-order valence-electron chi connectivity index (χ2n) is 5.96. The lowest BCUT2D eigenvalue weighted by molar-refractivity contribution is 0.0958. The molecule has 0 aliphatic carbocycles. The fraction of sp³-hybridized carbons (Fsp3) is 0.625. The normalized spacial score (nSPS) is 30.9. The van der Waals surface area contributed by atoms with Crippen molar-refractivity contribution in [3.05, 3.63) is 29.8 Å². The summed E-state index contributed by atoms with van der Waals surface area (Å²) >= 11 is 0. The van der Waals surface area contributed by atoms with Crippen LogP contribution in [0.2, 0.25) is 0 Å². The first-order chi connectivity index (χ1) is 9.29. The Balaban J connectivity index is 1.72. The van der Waals surface area contributed by atoms with Crippen LogP contribution >= 0.6 is 0 Å². The Bertz CT molecular complexity index is 435. The molecule has 0 amide bonds. The second-order valence-corrected chi connectivity index (χ2v) is 5.96. The molecule has 1 saturated heterocycles. The first-order valence-corrected chi connectivity index (χ1v) is 7.45. The molecule has 3 rings (SSSR count). The number of benzene rings is 1. The number of rotatable bonds is 3. The number of para-hydroxylation sites is 1. The van der Waals surface area contributed by atoms with Crippen LogP contribution in [-0.2, 0) is 0 Å². The highest BCUT2D eigenvalue weighted by Gasteiger charge is 2.32. The molecule has 0 aromatic heterocycles. The Morgan fingerprint density at radius 3 is 3.05 bits per heavy atom. The van der Waals surface area contributed by atoms with Crippen LogP contribution in [0.5, 0.6) is 5.75 Å². The van der Waals surface area contributed by atoms with E-state index in [0.717, 1.165) is 31.4 Å². The van der Waals surface area contributed by atoms with E-state index in [9.17, 15) is 0 Å². The number of piperidine rings is 1. The monoisotopic (exact) mass is 260 g/mol. The summed E-state index contributed by atoms with van der Waals surface area (Å²) in [4.78, 5) is 2.59. The van der Waals surface area contributed by atoms with Gasteiger partial charge in [0.15, 0.2) is 0 Å². The van der Waals surface area contributed by atoms with Crippen molar-refractivity contribution in [2.75, 3.05) is 26.2 Å². The standard InChI is InChI=1S/C16H24N2O/c1-12-5-4-8-18(15(12)9-17)10-13-11-19-16-7-3-2-6-14(13)16/h2-3,6-7,12-13,15H,4-5,8-11,17H2,1H3. The van der Waals surface area contributed by atoms with Crippen LogP contribution in [0.4, 0.5) is 0 Å². The molecule has 19 heavy (non-hydrogen) atoms. The highest BCUT2D eigenvalue weighted by molar-refractivity contribution is 5.39. The van der Waals surface area contributed by atoms with E-state index in [0.29, 0.717) is 12.0 Å². The van der Waals surface area contributed by atoms with E-state index in [1.165, 1.54) is 24.9 Å². The predicted molar refractivity (Wildman–Crippen MR) is 77.5 cm³/mol. The summed E-state index contributed by atoms with van der Waals surface area (Å²) in [5.41, 5.74) is 7.35. The second kappa shape index (κ2) is 5.51. The predicted octanol–water partition coefficient (Wildman–Crippen LogP) is 2.22. The molecular weight excluding hydrogens is 236 g/mol. The van der Waals surface area contributed by atoms with E-state index in [-0.39, 0.29) is 0 Å². The molecule has 2 aliphatic rings. The number of likely N-dealkylation sites (tertiary alicyclic amines) is 1. The van der Waals surface area contributed by atoms with Crippen LogP contribution in [0.25, 0.3) is 0 Å². The molecule has 0 saturated carbocycles. The number of nitrogens with zero attached hydrogens (tertiary/aromatic N) is 1. The number of hydrogen-bond acceptors (Lipinski definition) is 3. The fourth-order valence-corrected chi connectivity index (χ4v) is 3.61. The number of nitrogens with two attached hydrogens (primary N) is 1. The minimum Gasteiger partial charge on any atom is -0.493 e. The smallest absolute Gasteiger partial charge is 0.122 e. The SMILES string of the molecule is CC1CCCN(CC2COc3ccccc32)C1CN. The van der Waals surface area contributed by atoms with Crippen molar-refractivity contribution in [1.29, 1.82) is 0 Å². The van der Waals surface area contributed by atoms with Crippen molar-refractivity contribution >= 4 is 0 Å². The van der Waals surface area contributed by atoms with Gasteiger partial charge in [-0.1, -0.05) is 25.1 Å². The molecule has 0 radical (unpaired) electrons. The molecule has 2 N–H and O–H groups in total. The summed E-state index contributed by atoms with van der Waals surface area (Å²) in [5.74, 6) is 2.30. The van der Waals surface area contributed by atoms with Gasteiger partial charge in [0.05, 0.1) is 6.61 Å². The molecule has 3 unspecified atom stereocenters. The van der Waals surface area contributed by atoms with Crippen LogP contribution in [-0.4, -0.2) is 37.2 Å². The Hall–Kier alpha value is -1.06. The fourth-order valence-electron chi connectivity index (χ4n) is 3.61. The zero-order valence-corrected chi connectivity index (χ0v) is 11.7. The van der Waals surface area contributed by atoms with Crippen molar-refractivity contribution in [1.82, 2.24) is 4.90 Å². The third kappa shape index (κ3) is 2.49. The largest absolute Gasteiger partial charge is 0.493 e. The van der Waals surface area contributed by atoms with Gasteiger partial charge in [-0.2, -0.15) is 0 Å². The van der Waals surface area contributed by atoms with Crippen LogP contribution < -0.4 is 10.5 Å². The maximum atomic E-state index is 5.98. The summed E-state index contributed by atoms with van der Waals surface area (Å²) in [5, 5.41) is 0. The van der Waals surface area contributed by atoms with Gasteiger partial charge in [-0.3, -0.25) is 4.90 Å². The van der Waals surface area contributed by atoms with Gasteiger partial charge in [0, 0.05) is 30.6 Å². The molecule has 2 heterocycles. The third-order valence-corrected chi connectivity index (χ3v) is 4.73. The summed E-state index contributed by atoms with van der Waals surface area (Å²) in [6, 6.07) is 8.99. The molecule has 3 atom stereocenters. The van der Waals surface area contributed by atoms with Crippen molar-refractivity contribution in [3.63, 3.8) is 0 Å². The minimum absolute atomic E-state index is 0.510. The van der Waals surface area contributed by atoms with Crippen molar-refractivity contribution in [2.45, 2.75) is 31.7 Å². The zero-order valence-electron chi connectivity index (χ0n) is 11.7. The summed E-state index contributed by atoms with van der Waals surface area (Å²) in [6.07, 6.45) is 2.61. The Labute approximate surface area is 115 Å². The summed E-state index contributed by atoms with van der Waals surface area (Å²) in [7, 11) is 0. The van der Waals surface area contributed by atoms with E-state index in [1.54, 1.807) is 0 Å². The van der Waals surface area contributed by atoms with Crippen LogP contribution in [0.1, 0.15) is 31.2 Å². The van der Waals surface area contributed by atoms with Crippen molar-refractivity contribution in [3.8, 4) is 5.75 Å². The molecule has 104 valence electrons.